The van der Waals surface area contributed by atoms with Crippen LogP contribution in [-0.4, -0.2) is 72.0 Å². The summed E-state index contributed by atoms with van der Waals surface area (Å²) in [4.78, 5) is 37.3. The Morgan fingerprint density at radius 1 is 0.740 bits per heavy atom. The highest BCUT2D eigenvalue weighted by Crippen LogP contribution is 2.37. The molecule has 11 atom stereocenters. The zero-order valence-electron chi connectivity index (χ0n) is 31.2. The molecule has 10 nitrogen and oxygen atoms in total. The number of carbonyl (C=O) groups excluding carboxylic acids is 3. The number of alkyl halides is 1. The minimum atomic E-state index is -0.923. The summed E-state index contributed by atoms with van der Waals surface area (Å²) in [5, 5.41) is 0. The molecule has 2 fully saturated rings. The van der Waals surface area contributed by atoms with Crippen molar-refractivity contribution >= 4 is 40.5 Å². The van der Waals surface area contributed by atoms with Crippen LogP contribution in [0.25, 0.3) is 0 Å². The fourth-order valence-electron chi connectivity index (χ4n) is 6.72. The van der Waals surface area contributed by atoms with Gasteiger partial charge in [-0.1, -0.05) is 119 Å². The van der Waals surface area contributed by atoms with Gasteiger partial charge >= 0.3 is 17.9 Å². The van der Waals surface area contributed by atoms with Crippen molar-refractivity contribution in [3.63, 3.8) is 0 Å². The highest BCUT2D eigenvalue weighted by Gasteiger charge is 2.47. The summed E-state index contributed by atoms with van der Waals surface area (Å²) in [6.07, 6.45) is 4.73. The SMILES string of the molecule is CC(=O)OC1C(C)[C@@H](C)[C@H](C)O[C@H]1OCC1OC(OC(CCCCCCCCCI)CC(=O)OCc2ccccc2)C(OC(C)=O)[C@@H](C)[C@@H]1C. The van der Waals surface area contributed by atoms with E-state index in [9.17, 15) is 14.4 Å². The maximum absolute atomic E-state index is 13.1. The topological polar surface area (TPSA) is 116 Å². The molecule has 3 rings (SSSR count). The highest BCUT2D eigenvalue weighted by molar-refractivity contribution is 14.1. The van der Waals surface area contributed by atoms with Gasteiger partial charge in [-0.3, -0.25) is 14.4 Å². The summed E-state index contributed by atoms with van der Waals surface area (Å²) in [6.45, 7) is 13.2. The van der Waals surface area contributed by atoms with Gasteiger partial charge in [0.2, 0.25) is 0 Å². The lowest BCUT2D eigenvalue weighted by molar-refractivity contribution is -0.314. The van der Waals surface area contributed by atoms with Crippen LogP contribution in [0.5, 0.6) is 0 Å². The van der Waals surface area contributed by atoms with Crippen molar-refractivity contribution in [3.05, 3.63) is 35.9 Å². The molecular formula is C39H61IO10. The third-order valence-electron chi connectivity index (χ3n) is 10.4. The van der Waals surface area contributed by atoms with E-state index in [4.69, 9.17) is 33.2 Å². The number of hydrogen-bond acceptors (Lipinski definition) is 10. The number of unbranched alkanes of at least 4 members (excludes halogenated alkanes) is 6. The Kier molecular flexibility index (Phi) is 19.0. The number of carbonyl (C=O) groups is 3. The Bertz CT molecular complexity index is 1150. The van der Waals surface area contributed by atoms with Crippen LogP contribution in [0, 0.1) is 23.7 Å². The molecule has 2 aliphatic heterocycles. The molecule has 0 amide bonds. The van der Waals surface area contributed by atoms with Crippen molar-refractivity contribution in [1.29, 1.82) is 0 Å². The molecule has 11 heteroatoms. The van der Waals surface area contributed by atoms with Crippen LogP contribution in [0.4, 0.5) is 0 Å². The van der Waals surface area contributed by atoms with Gasteiger partial charge in [0.15, 0.2) is 24.8 Å². The second-order valence-corrected chi connectivity index (χ2v) is 15.3. The molecule has 1 aromatic rings. The van der Waals surface area contributed by atoms with Gasteiger partial charge in [0, 0.05) is 25.7 Å². The Hall–Kier alpha value is -1.80. The van der Waals surface area contributed by atoms with Gasteiger partial charge in [0.25, 0.3) is 0 Å². The van der Waals surface area contributed by atoms with Gasteiger partial charge in [-0.2, -0.15) is 0 Å². The van der Waals surface area contributed by atoms with E-state index in [1.807, 2.05) is 58.0 Å². The van der Waals surface area contributed by atoms with Crippen molar-refractivity contribution in [2.45, 2.75) is 156 Å². The van der Waals surface area contributed by atoms with Crippen LogP contribution in [-0.2, 0) is 54.1 Å². The van der Waals surface area contributed by atoms with E-state index in [1.165, 1.54) is 44.0 Å². The largest absolute Gasteiger partial charge is 0.461 e. The lowest BCUT2D eigenvalue weighted by Crippen LogP contribution is -2.56. The quantitative estimate of drug-likeness (QED) is 0.0422. The first-order chi connectivity index (χ1) is 23.9. The molecule has 2 saturated heterocycles. The van der Waals surface area contributed by atoms with E-state index in [2.05, 4.69) is 29.5 Å². The van der Waals surface area contributed by atoms with E-state index < -0.39 is 43.0 Å². The van der Waals surface area contributed by atoms with E-state index in [0.29, 0.717) is 6.42 Å². The molecule has 2 heterocycles. The van der Waals surface area contributed by atoms with Crippen molar-refractivity contribution in [3.8, 4) is 0 Å². The minimum absolute atomic E-state index is 0.0270. The first kappa shape index (κ1) is 42.6. The molecule has 50 heavy (non-hydrogen) atoms. The van der Waals surface area contributed by atoms with Gasteiger partial charge in [0.05, 0.1) is 31.3 Å². The van der Waals surface area contributed by atoms with Crippen LogP contribution >= 0.6 is 22.6 Å². The maximum atomic E-state index is 13.1. The van der Waals surface area contributed by atoms with Gasteiger partial charge in [-0.25, -0.2) is 0 Å². The van der Waals surface area contributed by atoms with E-state index in [-0.39, 0.29) is 61.3 Å². The Morgan fingerprint density at radius 3 is 1.94 bits per heavy atom. The van der Waals surface area contributed by atoms with E-state index in [0.717, 1.165) is 24.8 Å². The molecule has 6 unspecified atom stereocenters. The van der Waals surface area contributed by atoms with Crippen molar-refractivity contribution in [2.75, 3.05) is 11.0 Å². The molecule has 0 saturated carbocycles. The summed E-state index contributed by atoms with van der Waals surface area (Å²) >= 11 is 2.42. The minimum Gasteiger partial charge on any atom is -0.461 e. The molecule has 1 aromatic carbocycles. The first-order valence-electron chi connectivity index (χ1n) is 18.6. The van der Waals surface area contributed by atoms with Crippen LogP contribution < -0.4 is 0 Å². The molecule has 0 radical (unpaired) electrons. The molecule has 0 spiro atoms. The maximum Gasteiger partial charge on any atom is 0.308 e. The third kappa shape index (κ3) is 14.0. The van der Waals surface area contributed by atoms with Gasteiger partial charge in [-0.15, -0.1) is 0 Å². The lowest BCUT2D eigenvalue weighted by Gasteiger charge is -2.46. The molecular weight excluding hydrogens is 755 g/mol. The molecule has 284 valence electrons. The standard InChI is InChI=1S/C39H61IO10/c1-25-27(3)36(47-30(6)41)38(46-29(25)5)45-24-34-26(2)28(4)37(48-31(7)42)39(50-34)49-33(20-16-11-9-8-10-12-17-21-40)22-35(43)44-23-32-18-14-13-15-19-32/h13-15,18-19,25-29,33-34,36-39H,8-12,16-17,20-24H2,1-7H3/t25-,26+,27?,28+,29+,33?,34?,36?,37?,38-,39?/m1/s1. The van der Waals surface area contributed by atoms with Crippen molar-refractivity contribution in [1.82, 2.24) is 0 Å². The van der Waals surface area contributed by atoms with Gasteiger partial charge in [-0.05, 0) is 41.6 Å². The summed E-state index contributed by atoms with van der Waals surface area (Å²) in [7, 11) is 0. The number of benzene rings is 1. The van der Waals surface area contributed by atoms with Crippen LogP contribution in [0.1, 0.15) is 112 Å². The Labute approximate surface area is 313 Å². The summed E-state index contributed by atoms with van der Waals surface area (Å²) in [6, 6.07) is 9.58. The fraction of sp³-hybridized carbons (Fsp3) is 0.769. The van der Waals surface area contributed by atoms with Crippen LogP contribution in [0.2, 0.25) is 0 Å². The smallest absolute Gasteiger partial charge is 0.308 e. The summed E-state index contributed by atoms with van der Waals surface area (Å²) in [5.74, 6) is -1.21. The number of ether oxygens (including phenoxy) is 7. The molecule has 0 N–H and O–H groups in total. The predicted octanol–water partition coefficient (Wildman–Crippen LogP) is 7.96. The monoisotopic (exact) mass is 816 g/mol. The number of rotatable bonds is 20. The van der Waals surface area contributed by atoms with E-state index in [1.54, 1.807) is 0 Å². The zero-order valence-corrected chi connectivity index (χ0v) is 33.3. The second kappa shape index (κ2) is 22.3. The van der Waals surface area contributed by atoms with Crippen LogP contribution in [0.15, 0.2) is 30.3 Å². The molecule has 2 aliphatic rings. The average Bonchev–Trinajstić information content (AvgIpc) is 3.08. The van der Waals surface area contributed by atoms with E-state index >= 15 is 0 Å². The second-order valence-electron chi connectivity index (χ2n) is 14.2. The Morgan fingerprint density at radius 2 is 1.32 bits per heavy atom. The summed E-state index contributed by atoms with van der Waals surface area (Å²) < 4.78 is 43.9. The average molecular weight is 817 g/mol. The molecule has 0 aromatic heterocycles. The zero-order chi connectivity index (χ0) is 36.6. The predicted molar refractivity (Wildman–Crippen MR) is 198 cm³/mol. The van der Waals surface area contributed by atoms with Crippen molar-refractivity contribution in [2.24, 2.45) is 23.7 Å². The first-order valence-corrected chi connectivity index (χ1v) is 20.1. The van der Waals surface area contributed by atoms with Gasteiger partial charge in [0.1, 0.15) is 6.61 Å². The van der Waals surface area contributed by atoms with Gasteiger partial charge < -0.3 is 33.2 Å². The number of halogens is 1. The normalized spacial score (nSPS) is 30.3. The number of esters is 3. The van der Waals surface area contributed by atoms with Crippen LogP contribution in [0.3, 0.4) is 0 Å². The lowest BCUT2D eigenvalue weighted by atomic mass is 9.83. The molecule has 0 aliphatic carbocycles. The number of hydrogen-bond donors (Lipinski definition) is 0. The highest BCUT2D eigenvalue weighted by atomic mass is 127. The summed E-state index contributed by atoms with van der Waals surface area (Å²) in [5.41, 5.74) is 0.910. The fourth-order valence-corrected chi connectivity index (χ4v) is 7.26. The Balaban J connectivity index is 1.72. The van der Waals surface area contributed by atoms with Crippen molar-refractivity contribution < 1.29 is 47.5 Å². The third-order valence-corrected chi connectivity index (χ3v) is 11.1. The molecule has 0 bridgehead atoms.